The van der Waals surface area contributed by atoms with Crippen LogP contribution < -0.4 is 10.6 Å². The minimum absolute atomic E-state index is 0.0940. The first-order valence-electron chi connectivity index (χ1n) is 12.9. The maximum atomic E-state index is 14.7. The Labute approximate surface area is 218 Å². The summed E-state index contributed by atoms with van der Waals surface area (Å²) in [6.07, 6.45) is 3.05. The van der Waals surface area contributed by atoms with E-state index in [2.05, 4.69) is 37.4 Å². The van der Waals surface area contributed by atoms with Crippen LogP contribution in [0.2, 0.25) is 0 Å². The molecule has 1 aromatic carbocycles. The average Bonchev–Trinajstić information content (AvgIpc) is 3.62. The van der Waals surface area contributed by atoms with E-state index in [-0.39, 0.29) is 24.5 Å². The predicted octanol–water partition coefficient (Wildman–Crippen LogP) is 2.86. The van der Waals surface area contributed by atoms with E-state index in [4.69, 9.17) is 9.26 Å². The van der Waals surface area contributed by atoms with E-state index >= 15 is 0 Å². The molecule has 0 radical (unpaired) electrons. The lowest BCUT2D eigenvalue weighted by atomic mass is 10.0. The number of alkyl halides is 1. The molecule has 2 atom stereocenters. The fraction of sp³-hybridized carbons (Fsp3) is 0.462. The highest BCUT2D eigenvalue weighted by Crippen LogP contribution is 2.33. The molecule has 0 spiro atoms. The fourth-order valence-electron chi connectivity index (χ4n) is 5.07. The molecule has 2 saturated heterocycles. The van der Waals surface area contributed by atoms with E-state index in [9.17, 15) is 9.18 Å². The molecule has 11 nitrogen and oxygen atoms in total. The number of nitrogens with zero attached hydrogens (tertiary/aromatic N) is 6. The highest BCUT2D eigenvalue weighted by molar-refractivity contribution is 5.96. The summed E-state index contributed by atoms with van der Waals surface area (Å²) in [5, 5.41) is 15.6. The summed E-state index contributed by atoms with van der Waals surface area (Å²) >= 11 is 0. The zero-order chi connectivity index (χ0) is 26.2. The Hall–Kier alpha value is -3.77. The quantitative estimate of drug-likeness (QED) is 0.363. The van der Waals surface area contributed by atoms with Crippen LogP contribution in [-0.2, 0) is 17.8 Å². The van der Waals surface area contributed by atoms with Crippen molar-refractivity contribution in [2.75, 3.05) is 38.7 Å². The number of hydrogen-bond acceptors (Lipinski definition) is 8. The summed E-state index contributed by atoms with van der Waals surface area (Å²) in [4.78, 5) is 19.1. The minimum atomic E-state index is -0.937. The number of carbonyl (C=O) groups is 1. The second kappa shape index (κ2) is 10.2. The Bertz CT molecular complexity index is 1440. The molecule has 3 aromatic heterocycles. The van der Waals surface area contributed by atoms with Gasteiger partial charge < -0.3 is 29.4 Å². The molecule has 4 aromatic rings. The summed E-state index contributed by atoms with van der Waals surface area (Å²) < 4.78 is 29.2. The molecule has 2 fully saturated rings. The Morgan fingerprint density at radius 1 is 1.29 bits per heavy atom. The Balaban J connectivity index is 1.18. The molecule has 6 rings (SSSR count). The average molecular weight is 523 g/mol. The molecule has 12 heteroatoms. The highest BCUT2D eigenvalue weighted by atomic mass is 19.1. The first-order valence-corrected chi connectivity index (χ1v) is 12.9. The van der Waals surface area contributed by atoms with Crippen molar-refractivity contribution < 1.29 is 18.4 Å². The van der Waals surface area contributed by atoms with Crippen molar-refractivity contribution in [3.63, 3.8) is 0 Å². The van der Waals surface area contributed by atoms with E-state index in [1.165, 1.54) is 6.20 Å². The molecule has 0 unspecified atom stereocenters. The van der Waals surface area contributed by atoms with Gasteiger partial charge in [-0.3, -0.25) is 9.48 Å². The van der Waals surface area contributed by atoms with Crippen molar-refractivity contribution >= 4 is 22.5 Å². The molecule has 1 amide bonds. The van der Waals surface area contributed by atoms with Crippen molar-refractivity contribution in [1.82, 2.24) is 34.7 Å². The lowest BCUT2D eigenvalue weighted by molar-refractivity contribution is -0.0286. The predicted molar refractivity (Wildman–Crippen MR) is 139 cm³/mol. The van der Waals surface area contributed by atoms with E-state index in [1.54, 1.807) is 10.9 Å². The number of rotatable bonds is 8. The Morgan fingerprint density at radius 2 is 2.16 bits per heavy atom. The lowest BCUT2D eigenvalue weighted by Crippen LogP contribution is -2.46. The van der Waals surface area contributed by atoms with Gasteiger partial charge >= 0.3 is 0 Å². The van der Waals surface area contributed by atoms with Gasteiger partial charge in [-0.05, 0) is 38.6 Å². The van der Waals surface area contributed by atoms with Crippen LogP contribution in [-0.4, -0.2) is 80.9 Å². The van der Waals surface area contributed by atoms with Gasteiger partial charge in [0.15, 0.2) is 0 Å². The van der Waals surface area contributed by atoms with Crippen LogP contribution in [0.3, 0.4) is 0 Å². The van der Waals surface area contributed by atoms with E-state index in [0.29, 0.717) is 43.6 Å². The van der Waals surface area contributed by atoms with Crippen molar-refractivity contribution in [3.05, 3.63) is 48.1 Å². The highest BCUT2D eigenvalue weighted by Gasteiger charge is 2.28. The maximum Gasteiger partial charge on any atom is 0.254 e. The standard InChI is InChI=1S/C26H31FN8O3/c1-3-34-22-6-4-5-20(30-21-7-8-33(2)13-19(21)27)18(22)9-23(34)25-31-24(38-32-25)11-28-26(36)16-10-29-35(12-16)17-14-37-15-17/h4-6,9-10,12,17,19,21,30H,3,7-8,11,13-15H2,1-2H3,(H,28,36)/t19-,21+/m0/s1. The van der Waals surface area contributed by atoms with Crippen molar-refractivity contribution in [2.45, 2.75) is 44.7 Å². The summed E-state index contributed by atoms with van der Waals surface area (Å²) in [5.41, 5.74) is 3.15. The zero-order valence-corrected chi connectivity index (χ0v) is 21.4. The van der Waals surface area contributed by atoms with Crippen LogP contribution >= 0.6 is 0 Å². The van der Waals surface area contributed by atoms with Crippen LogP contribution in [0.5, 0.6) is 0 Å². The number of halogens is 1. The van der Waals surface area contributed by atoms with Crippen molar-refractivity contribution in [2.24, 2.45) is 0 Å². The smallest absolute Gasteiger partial charge is 0.254 e. The molecular formula is C26H31FN8O3. The largest absolute Gasteiger partial charge is 0.379 e. The zero-order valence-electron chi connectivity index (χ0n) is 21.4. The van der Waals surface area contributed by atoms with Crippen LogP contribution in [0, 0.1) is 0 Å². The number of aromatic nitrogens is 5. The third kappa shape index (κ3) is 4.65. The van der Waals surface area contributed by atoms with Crippen molar-refractivity contribution in [3.8, 4) is 11.5 Å². The van der Waals surface area contributed by atoms with Crippen molar-refractivity contribution in [1.29, 1.82) is 0 Å². The number of nitrogens with one attached hydrogen (secondary N) is 2. The topological polar surface area (TPSA) is 115 Å². The molecule has 0 aliphatic carbocycles. The Morgan fingerprint density at radius 3 is 2.92 bits per heavy atom. The second-order valence-electron chi connectivity index (χ2n) is 9.92. The first-order chi connectivity index (χ1) is 18.5. The SMILES string of the molecule is CCn1c(-c2noc(CNC(=O)c3cnn(C4COC4)c3)n2)cc2c(N[C@@H]3CCN(C)C[C@@H]3F)cccc21. The van der Waals surface area contributed by atoms with Crippen LogP contribution in [0.1, 0.15) is 35.6 Å². The summed E-state index contributed by atoms with van der Waals surface area (Å²) in [6, 6.07) is 7.94. The molecule has 5 heterocycles. The van der Waals surface area contributed by atoms with Gasteiger partial charge in [-0.2, -0.15) is 10.1 Å². The second-order valence-corrected chi connectivity index (χ2v) is 9.92. The fourth-order valence-corrected chi connectivity index (χ4v) is 5.07. The van der Waals surface area contributed by atoms with Crippen LogP contribution in [0.25, 0.3) is 22.4 Å². The third-order valence-corrected chi connectivity index (χ3v) is 7.30. The number of anilines is 1. The van der Waals surface area contributed by atoms with E-state index < -0.39 is 6.17 Å². The molecule has 200 valence electrons. The lowest BCUT2D eigenvalue weighted by Gasteiger charge is -2.33. The number of carbonyl (C=O) groups excluding carboxylic acids is 1. The Kier molecular flexibility index (Phi) is 6.58. The molecule has 0 bridgehead atoms. The maximum absolute atomic E-state index is 14.7. The summed E-state index contributed by atoms with van der Waals surface area (Å²) in [6.45, 7) is 5.33. The molecule has 38 heavy (non-hydrogen) atoms. The number of likely N-dealkylation sites (tertiary alicyclic amines) is 1. The van der Waals surface area contributed by atoms with Crippen LogP contribution in [0.4, 0.5) is 10.1 Å². The van der Waals surface area contributed by atoms with Gasteiger partial charge in [0.25, 0.3) is 5.91 Å². The van der Waals surface area contributed by atoms with E-state index in [1.807, 2.05) is 36.2 Å². The molecule has 2 N–H and O–H groups in total. The number of ether oxygens (including phenoxy) is 1. The van der Waals surface area contributed by atoms with Gasteiger partial charge in [0.2, 0.25) is 11.7 Å². The normalized spacial score (nSPS) is 20.5. The molecule has 0 saturated carbocycles. The number of amides is 1. The number of hydrogen-bond donors (Lipinski definition) is 2. The van der Waals surface area contributed by atoms with Gasteiger partial charge in [0.05, 0.1) is 54.8 Å². The van der Waals surface area contributed by atoms with Gasteiger partial charge in [-0.15, -0.1) is 0 Å². The summed E-state index contributed by atoms with van der Waals surface area (Å²) in [7, 11) is 1.95. The summed E-state index contributed by atoms with van der Waals surface area (Å²) in [5.74, 6) is 0.458. The van der Waals surface area contributed by atoms with Gasteiger partial charge in [0.1, 0.15) is 6.17 Å². The van der Waals surface area contributed by atoms with E-state index in [0.717, 1.165) is 35.2 Å². The molecular weight excluding hydrogens is 491 g/mol. The number of aryl methyl sites for hydroxylation is 1. The number of fused-ring (bicyclic) bond motifs is 1. The van der Waals surface area contributed by atoms with Crippen LogP contribution in [0.15, 0.2) is 41.2 Å². The number of benzene rings is 1. The third-order valence-electron chi connectivity index (χ3n) is 7.30. The molecule has 2 aliphatic heterocycles. The van der Waals surface area contributed by atoms with Gasteiger partial charge in [-0.1, -0.05) is 11.2 Å². The minimum Gasteiger partial charge on any atom is -0.379 e. The molecule has 2 aliphatic rings. The number of piperidine rings is 1. The van der Waals surface area contributed by atoms with Gasteiger partial charge in [-0.25, -0.2) is 4.39 Å². The monoisotopic (exact) mass is 522 g/mol. The first kappa shape index (κ1) is 24.6. The van der Waals surface area contributed by atoms with Gasteiger partial charge in [0, 0.05) is 36.9 Å².